The number of aryl methyl sites for hydroxylation is 2. The molecule has 0 fully saturated rings. The van der Waals surface area contributed by atoms with Gasteiger partial charge in [-0.05, 0) is 30.5 Å². The minimum atomic E-state index is -0.147. The second-order valence-electron chi connectivity index (χ2n) is 3.27. The number of nitrogens with two attached hydrogens (primary N) is 1. The number of nitriles is 1. The van der Waals surface area contributed by atoms with E-state index in [0.29, 0.717) is 6.42 Å². The molecule has 0 amide bonds. The molecule has 0 aromatic heterocycles. The number of rotatable bonds is 2. The molecular weight excluding hydrogens is 160 g/mol. The topological polar surface area (TPSA) is 49.8 Å². The van der Waals surface area contributed by atoms with E-state index in [4.69, 9.17) is 11.0 Å². The highest BCUT2D eigenvalue weighted by molar-refractivity contribution is 5.36. The smallest absolute Gasteiger partial charge is 0.0641 e. The summed E-state index contributed by atoms with van der Waals surface area (Å²) in [6, 6.07) is 8.01. The predicted octanol–water partition coefficient (Wildman–Crippen LogP) is 2.22. The summed E-state index contributed by atoms with van der Waals surface area (Å²) in [6.45, 7) is 4.05. The summed E-state index contributed by atoms with van der Waals surface area (Å²) in [5.74, 6) is 0. The van der Waals surface area contributed by atoms with Gasteiger partial charge in [0.05, 0.1) is 12.5 Å². The van der Waals surface area contributed by atoms with Crippen molar-refractivity contribution >= 4 is 0 Å². The van der Waals surface area contributed by atoms with Gasteiger partial charge in [-0.1, -0.05) is 18.2 Å². The molecule has 2 N–H and O–H groups in total. The number of hydrogen-bond acceptors (Lipinski definition) is 2. The molecule has 0 heterocycles. The van der Waals surface area contributed by atoms with E-state index in [-0.39, 0.29) is 6.04 Å². The van der Waals surface area contributed by atoms with E-state index in [1.807, 2.05) is 32.0 Å². The third kappa shape index (κ3) is 2.07. The van der Waals surface area contributed by atoms with Crippen molar-refractivity contribution < 1.29 is 0 Å². The fourth-order valence-electron chi connectivity index (χ4n) is 1.61. The van der Waals surface area contributed by atoms with Gasteiger partial charge >= 0.3 is 0 Å². The highest BCUT2D eigenvalue weighted by atomic mass is 14.6. The lowest BCUT2D eigenvalue weighted by molar-refractivity contribution is 0.736. The molecule has 1 atom stereocenters. The minimum Gasteiger partial charge on any atom is -0.323 e. The van der Waals surface area contributed by atoms with E-state index in [1.165, 1.54) is 11.1 Å². The van der Waals surface area contributed by atoms with Gasteiger partial charge in [-0.3, -0.25) is 0 Å². The van der Waals surface area contributed by atoms with E-state index in [0.717, 1.165) is 5.56 Å². The van der Waals surface area contributed by atoms with Gasteiger partial charge in [0.2, 0.25) is 0 Å². The Hall–Kier alpha value is -1.33. The van der Waals surface area contributed by atoms with Crippen molar-refractivity contribution in [3.63, 3.8) is 0 Å². The van der Waals surface area contributed by atoms with Crippen molar-refractivity contribution in [3.8, 4) is 6.07 Å². The van der Waals surface area contributed by atoms with Crippen molar-refractivity contribution in [2.75, 3.05) is 0 Å². The number of hydrogen-bond donors (Lipinski definition) is 1. The quantitative estimate of drug-likeness (QED) is 0.747. The van der Waals surface area contributed by atoms with Crippen LogP contribution in [0.1, 0.15) is 29.2 Å². The Labute approximate surface area is 79.0 Å². The standard InChI is InChI=1S/C11H14N2/c1-8-4-3-5-9(2)11(8)10(13)6-7-12/h3-5,10H,6,13H2,1-2H3/t10-/m1/s1. The Morgan fingerprint density at radius 2 is 1.92 bits per heavy atom. The molecule has 2 nitrogen and oxygen atoms in total. The molecule has 13 heavy (non-hydrogen) atoms. The Morgan fingerprint density at radius 1 is 1.38 bits per heavy atom. The van der Waals surface area contributed by atoms with Gasteiger partial charge in [-0.2, -0.15) is 5.26 Å². The monoisotopic (exact) mass is 174 g/mol. The van der Waals surface area contributed by atoms with E-state index < -0.39 is 0 Å². The molecule has 0 saturated heterocycles. The molecule has 0 saturated carbocycles. The first-order valence-electron chi connectivity index (χ1n) is 4.35. The number of benzene rings is 1. The lowest BCUT2D eigenvalue weighted by Crippen LogP contribution is -2.12. The first-order valence-corrected chi connectivity index (χ1v) is 4.35. The molecule has 0 bridgehead atoms. The Morgan fingerprint density at radius 3 is 2.38 bits per heavy atom. The largest absolute Gasteiger partial charge is 0.323 e. The van der Waals surface area contributed by atoms with Gasteiger partial charge in [0, 0.05) is 6.04 Å². The molecule has 0 spiro atoms. The Kier molecular flexibility index (Phi) is 3.05. The average Bonchev–Trinajstić information content (AvgIpc) is 2.04. The van der Waals surface area contributed by atoms with Crippen LogP contribution in [0.4, 0.5) is 0 Å². The first-order chi connectivity index (χ1) is 6.16. The molecule has 1 aromatic carbocycles. The van der Waals surface area contributed by atoms with Crippen LogP contribution in [0, 0.1) is 25.2 Å². The molecular formula is C11H14N2. The van der Waals surface area contributed by atoms with E-state index >= 15 is 0 Å². The van der Waals surface area contributed by atoms with Crippen LogP contribution in [-0.2, 0) is 0 Å². The summed E-state index contributed by atoms with van der Waals surface area (Å²) in [7, 11) is 0. The zero-order valence-corrected chi connectivity index (χ0v) is 8.04. The van der Waals surface area contributed by atoms with Crippen LogP contribution in [0.15, 0.2) is 18.2 Å². The molecule has 1 rings (SSSR count). The van der Waals surface area contributed by atoms with E-state index in [1.54, 1.807) is 0 Å². The second kappa shape index (κ2) is 4.06. The van der Waals surface area contributed by atoms with Crippen molar-refractivity contribution in [2.24, 2.45) is 5.73 Å². The van der Waals surface area contributed by atoms with Gasteiger partial charge in [0.15, 0.2) is 0 Å². The summed E-state index contributed by atoms with van der Waals surface area (Å²) in [5.41, 5.74) is 9.34. The van der Waals surface area contributed by atoms with Gasteiger partial charge in [0.1, 0.15) is 0 Å². The van der Waals surface area contributed by atoms with Crippen LogP contribution in [0.25, 0.3) is 0 Å². The summed E-state index contributed by atoms with van der Waals surface area (Å²) in [6.07, 6.45) is 0.381. The normalized spacial score (nSPS) is 12.2. The van der Waals surface area contributed by atoms with E-state index in [9.17, 15) is 0 Å². The maximum atomic E-state index is 8.55. The van der Waals surface area contributed by atoms with Gasteiger partial charge in [0.25, 0.3) is 0 Å². The Bertz CT molecular complexity index is 316. The highest BCUT2D eigenvalue weighted by Crippen LogP contribution is 2.21. The third-order valence-corrected chi connectivity index (χ3v) is 2.22. The highest BCUT2D eigenvalue weighted by Gasteiger charge is 2.10. The molecule has 0 aliphatic carbocycles. The maximum Gasteiger partial charge on any atom is 0.0641 e. The van der Waals surface area contributed by atoms with Gasteiger partial charge < -0.3 is 5.73 Å². The summed E-state index contributed by atoms with van der Waals surface area (Å²) < 4.78 is 0. The van der Waals surface area contributed by atoms with Crippen molar-refractivity contribution in [3.05, 3.63) is 34.9 Å². The molecule has 0 unspecified atom stereocenters. The lowest BCUT2D eigenvalue weighted by atomic mass is 9.95. The van der Waals surface area contributed by atoms with Crippen LogP contribution in [-0.4, -0.2) is 0 Å². The summed E-state index contributed by atoms with van der Waals surface area (Å²) >= 11 is 0. The van der Waals surface area contributed by atoms with E-state index in [2.05, 4.69) is 6.07 Å². The average molecular weight is 174 g/mol. The van der Waals surface area contributed by atoms with Crippen LogP contribution in [0.5, 0.6) is 0 Å². The molecule has 68 valence electrons. The predicted molar refractivity (Wildman–Crippen MR) is 53.1 cm³/mol. The molecule has 1 aromatic rings. The van der Waals surface area contributed by atoms with Crippen molar-refractivity contribution in [2.45, 2.75) is 26.3 Å². The van der Waals surface area contributed by atoms with Crippen LogP contribution in [0.2, 0.25) is 0 Å². The molecule has 0 aliphatic heterocycles. The first kappa shape index (κ1) is 9.76. The van der Waals surface area contributed by atoms with Crippen LogP contribution < -0.4 is 5.73 Å². The number of nitrogens with zero attached hydrogens (tertiary/aromatic N) is 1. The van der Waals surface area contributed by atoms with Gasteiger partial charge in [-0.25, -0.2) is 0 Å². The minimum absolute atomic E-state index is 0.147. The zero-order chi connectivity index (χ0) is 9.84. The lowest BCUT2D eigenvalue weighted by Gasteiger charge is -2.14. The Balaban J connectivity index is 3.06. The summed E-state index contributed by atoms with van der Waals surface area (Å²) in [5, 5.41) is 8.55. The van der Waals surface area contributed by atoms with Crippen LogP contribution in [0.3, 0.4) is 0 Å². The maximum absolute atomic E-state index is 8.55. The third-order valence-electron chi connectivity index (χ3n) is 2.22. The van der Waals surface area contributed by atoms with Crippen molar-refractivity contribution in [1.29, 1.82) is 5.26 Å². The summed E-state index contributed by atoms with van der Waals surface area (Å²) in [4.78, 5) is 0. The van der Waals surface area contributed by atoms with Crippen molar-refractivity contribution in [1.82, 2.24) is 0 Å². The molecule has 2 heteroatoms. The SMILES string of the molecule is Cc1cccc(C)c1[C@H](N)CC#N. The fourth-order valence-corrected chi connectivity index (χ4v) is 1.61. The molecule has 0 radical (unpaired) electrons. The van der Waals surface area contributed by atoms with Gasteiger partial charge in [-0.15, -0.1) is 0 Å². The molecule has 0 aliphatic rings. The zero-order valence-electron chi connectivity index (χ0n) is 8.04. The fraction of sp³-hybridized carbons (Fsp3) is 0.364. The van der Waals surface area contributed by atoms with Crippen LogP contribution >= 0.6 is 0 Å². The second-order valence-corrected chi connectivity index (χ2v) is 3.27.